The lowest BCUT2D eigenvalue weighted by molar-refractivity contribution is -0.150. The van der Waals surface area contributed by atoms with E-state index in [-0.39, 0.29) is 24.8 Å². The van der Waals surface area contributed by atoms with Crippen molar-refractivity contribution in [3.8, 4) is 0 Å². The van der Waals surface area contributed by atoms with Crippen LogP contribution in [0.2, 0.25) is 0 Å². The van der Waals surface area contributed by atoms with Crippen LogP contribution in [0.25, 0.3) is 11.0 Å². The Kier molecular flexibility index (Phi) is 6.42. The number of para-hydroxylation sites is 2. The number of amides is 2. The zero-order valence-corrected chi connectivity index (χ0v) is 19.7. The number of nitrogens with zero attached hydrogens (tertiary/aromatic N) is 2. The molecule has 3 atom stereocenters. The molecule has 1 aliphatic carbocycles. The number of H-pyrrole nitrogens is 1. The summed E-state index contributed by atoms with van der Waals surface area (Å²) in [7, 11) is 0. The van der Waals surface area contributed by atoms with Gasteiger partial charge in [0.15, 0.2) is 0 Å². The third-order valence-electron chi connectivity index (χ3n) is 6.79. The second-order valence-corrected chi connectivity index (χ2v) is 10.3. The largest absolute Gasteiger partial charge is 0.480 e. The molecule has 1 aromatic heterocycles. The Morgan fingerprint density at radius 3 is 2.50 bits per heavy atom. The number of carboxylic acids is 1. The summed E-state index contributed by atoms with van der Waals surface area (Å²) >= 11 is 0. The van der Waals surface area contributed by atoms with Crippen molar-refractivity contribution < 1.29 is 24.2 Å². The Morgan fingerprint density at radius 2 is 1.85 bits per heavy atom. The van der Waals surface area contributed by atoms with Crippen molar-refractivity contribution in [1.29, 1.82) is 0 Å². The van der Waals surface area contributed by atoms with E-state index < -0.39 is 41.5 Å². The summed E-state index contributed by atoms with van der Waals surface area (Å²) in [6, 6.07) is 4.55. The Balaban J connectivity index is 1.58. The summed E-state index contributed by atoms with van der Waals surface area (Å²) in [6.07, 6.45) is 2.87. The SMILES string of the molecule is CC(C)(C)[C@H](NC(=O)OC1CCCC1)C(=O)N1CC(n2c(=O)[nH]c3ccccc32)C[C@H]1C(=O)O. The van der Waals surface area contributed by atoms with Crippen LogP contribution in [0.1, 0.15) is 58.9 Å². The van der Waals surface area contributed by atoms with Gasteiger partial charge in [-0.15, -0.1) is 0 Å². The minimum atomic E-state index is -1.15. The van der Waals surface area contributed by atoms with Crippen LogP contribution < -0.4 is 11.0 Å². The van der Waals surface area contributed by atoms with E-state index >= 15 is 0 Å². The number of ether oxygens (including phenoxy) is 1. The van der Waals surface area contributed by atoms with Crippen LogP contribution in [0.15, 0.2) is 29.1 Å². The fraction of sp³-hybridized carbons (Fsp3) is 0.583. The number of carbonyl (C=O) groups excluding carboxylic acids is 2. The number of alkyl carbamates (subject to hydrolysis) is 1. The summed E-state index contributed by atoms with van der Waals surface area (Å²) in [6.45, 7) is 5.46. The highest BCUT2D eigenvalue weighted by molar-refractivity contribution is 5.90. The average Bonchev–Trinajstić information content (AvgIpc) is 3.48. The number of aliphatic carboxylic acids is 1. The first kappa shape index (κ1) is 23.8. The molecule has 2 amide bonds. The molecule has 4 rings (SSSR count). The van der Waals surface area contributed by atoms with E-state index in [1.807, 2.05) is 0 Å². The Labute approximate surface area is 197 Å². The molecule has 10 nitrogen and oxygen atoms in total. The zero-order valence-electron chi connectivity index (χ0n) is 19.7. The van der Waals surface area contributed by atoms with Crippen molar-refractivity contribution in [1.82, 2.24) is 19.8 Å². The van der Waals surface area contributed by atoms with Gasteiger partial charge in [0.1, 0.15) is 18.2 Å². The number of benzene rings is 1. The molecule has 2 aliphatic rings. The molecule has 1 unspecified atom stereocenters. The number of aromatic amines is 1. The van der Waals surface area contributed by atoms with Crippen LogP contribution in [0.4, 0.5) is 4.79 Å². The maximum absolute atomic E-state index is 13.6. The van der Waals surface area contributed by atoms with E-state index in [0.29, 0.717) is 11.0 Å². The summed E-state index contributed by atoms with van der Waals surface area (Å²) < 4.78 is 7.00. The maximum atomic E-state index is 13.6. The van der Waals surface area contributed by atoms with E-state index in [9.17, 15) is 24.3 Å². The molecule has 2 aromatic rings. The van der Waals surface area contributed by atoms with Crippen LogP contribution in [0.5, 0.6) is 0 Å². The number of hydrogen-bond acceptors (Lipinski definition) is 5. The van der Waals surface area contributed by atoms with Crippen LogP contribution in [-0.2, 0) is 14.3 Å². The van der Waals surface area contributed by atoms with E-state index in [2.05, 4.69) is 10.3 Å². The molecule has 1 aromatic carbocycles. The third kappa shape index (κ3) is 4.67. The highest BCUT2D eigenvalue weighted by atomic mass is 16.6. The van der Waals surface area contributed by atoms with Gasteiger partial charge in [0.05, 0.1) is 17.1 Å². The van der Waals surface area contributed by atoms with E-state index in [0.717, 1.165) is 25.7 Å². The number of aromatic nitrogens is 2. The molecule has 1 saturated carbocycles. The summed E-state index contributed by atoms with van der Waals surface area (Å²) in [4.78, 5) is 55.0. The minimum absolute atomic E-state index is 0.0451. The molecule has 0 radical (unpaired) electrons. The first-order valence-corrected chi connectivity index (χ1v) is 11.8. The molecule has 34 heavy (non-hydrogen) atoms. The number of nitrogens with one attached hydrogen (secondary N) is 2. The molecule has 2 fully saturated rings. The summed E-state index contributed by atoms with van der Waals surface area (Å²) in [5.74, 6) is -1.65. The van der Waals surface area contributed by atoms with Crippen LogP contribution in [0, 0.1) is 5.41 Å². The first-order valence-electron chi connectivity index (χ1n) is 11.8. The summed E-state index contributed by atoms with van der Waals surface area (Å²) in [5.41, 5.74) is 0.259. The van der Waals surface area contributed by atoms with Crippen molar-refractivity contribution in [3.05, 3.63) is 34.7 Å². The molecule has 1 saturated heterocycles. The van der Waals surface area contributed by atoms with Gasteiger partial charge in [-0.25, -0.2) is 14.4 Å². The lowest BCUT2D eigenvalue weighted by Gasteiger charge is -2.34. The third-order valence-corrected chi connectivity index (χ3v) is 6.79. The van der Waals surface area contributed by atoms with Crippen LogP contribution in [-0.4, -0.2) is 62.3 Å². The maximum Gasteiger partial charge on any atom is 0.408 e. The topological polar surface area (TPSA) is 134 Å². The Hall–Kier alpha value is -3.30. The smallest absolute Gasteiger partial charge is 0.408 e. The minimum Gasteiger partial charge on any atom is -0.480 e. The van der Waals surface area contributed by atoms with Crippen LogP contribution >= 0.6 is 0 Å². The van der Waals surface area contributed by atoms with Gasteiger partial charge in [-0.05, 0) is 43.2 Å². The fourth-order valence-electron chi connectivity index (χ4n) is 5.04. The lowest BCUT2D eigenvalue weighted by atomic mass is 9.85. The van der Waals surface area contributed by atoms with Crippen LogP contribution in [0.3, 0.4) is 0 Å². The normalized spacial score (nSPS) is 22.1. The van der Waals surface area contributed by atoms with Gasteiger partial charge in [-0.3, -0.25) is 9.36 Å². The number of likely N-dealkylation sites (tertiary alicyclic amines) is 1. The van der Waals surface area contributed by atoms with E-state index in [1.54, 1.807) is 45.0 Å². The number of carbonyl (C=O) groups is 3. The number of imidazole rings is 1. The Morgan fingerprint density at radius 1 is 1.18 bits per heavy atom. The van der Waals surface area contributed by atoms with Gasteiger partial charge in [0.25, 0.3) is 0 Å². The number of fused-ring (bicyclic) bond motifs is 1. The molecule has 10 heteroatoms. The summed E-state index contributed by atoms with van der Waals surface area (Å²) in [5, 5.41) is 12.6. The monoisotopic (exact) mass is 472 g/mol. The van der Waals surface area contributed by atoms with Gasteiger partial charge >= 0.3 is 17.8 Å². The number of rotatable bonds is 5. The molecule has 1 aliphatic heterocycles. The van der Waals surface area contributed by atoms with Gasteiger partial charge < -0.3 is 25.0 Å². The first-order chi connectivity index (χ1) is 16.1. The van der Waals surface area contributed by atoms with Crippen molar-refractivity contribution >= 4 is 29.0 Å². The standard InChI is InChI=1S/C24H32N4O6/c1-24(2,3)19(26-23(33)34-15-8-4-5-9-15)20(29)27-13-14(12-18(27)21(30)31)28-17-11-7-6-10-16(17)25-22(28)32/h6-7,10-11,14-15,18-19H,4-5,8-9,12-13H2,1-3H3,(H,25,32)(H,26,33)(H,30,31)/t14?,18-,19+/m0/s1. The van der Waals surface area contributed by atoms with E-state index in [4.69, 9.17) is 4.74 Å². The van der Waals surface area contributed by atoms with Gasteiger partial charge in [0, 0.05) is 13.0 Å². The molecule has 184 valence electrons. The van der Waals surface area contributed by atoms with Crippen molar-refractivity contribution in [3.63, 3.8) is 0 Å². The lowest BCUT2D eigenvalue weighted by Crippen LogP contribution is -2.57. The van der Waals surface area contributed by atoms with Gasteiger partial charge in [-0.2, -0.15) is 0 Å². The Bertz CT molecular complexity index is 1140. The quantitative estimate of drug-likeness (QED) is 0.613. The highest BCUT2D eigenvalue weighted by Gasteiger charge is 2.46. The molecule has 0 bridgehead atoms. The highest BCUT2D eigenvalue weighted by Crippen LogP contribution is 2.32. The van der Waals surface area contributed by atoms with E-state index in [1.165, 1.54) is 9.47 Å². The fourth-order valence-corrected chi connectivity index (χ4v) is 5.04. The average molecular weight is 473 g/mol. The predicted octanol–water partition coefficient (Wildman–Crippen LogP) is 2.64. The molecular formula is C24H32N4O6. The van der Waals surface area contributed by atoms with Crippen molar-refractivity contribution in [2.45, 2.75) is 77.1 Å². The number of carboxylic acid groups (broad SMARTS) is 1. The number of hydrogen-bond donors (Lipinski definition) is 3. The van der Waals surface area contributed by atoms with Crippen molar-refractivity contribution in [2.24, 2.45) is 5.41 Å². The van der Waals surface area contributed by atoms with Gasteiger partial charge in [0.2, 0.25) is 5.91 Å². The van der Waals surface area contributed by atoms with Gasteiger partial charge in [-0.1, -0.05) is 32.9 Å². The zero-order chi connectivity index (χ0) is 24.6. The van der Waals surface area contributed by atoms with Crippen molar-refractivity contribution in [2.75, 3.05) is 6.54 Å². The second kappa shape index (κ2) is 9.15. The molecule has 2 heterocycles. The molecule has 3 N–H and O–H groups in total. The molecule has 0 spiro atoms. The molecular weight excluding hydrogens is 440 g/mol. The second-order valence-electron chi connectivity index (χ2n) is 10.3. The predicted molar refractivity (Wildman–Crippen MR) is 124 cm³/mol.